The summed E-state index contributed by atoms with van der Waals surface area (Å²) < 4.78 is 1.76. The molecule has 2 amide bonds. The number of nitrogens with one attached hydrogen (secondary N) is 2. The lowest BCUT2D eigenvalue weighted by atomic mass is 9.90. The summed E-state index contributed by atoms with van der Waals surface area (Å²) in [6.45, 7) is 1.86. The van der Waals surface area contributed by atoms with E-state index in [9.17, 15) is 10.1 Å². The minimum Gasteiger partial charge on any atom is -0.351 e. The molecule has 0 unspecified atom stereocenters. The molecule has 0 radical (unpaired) electrons. The number of pyridine rings is 2. The van der Waals surface area contributed by atoms with Gasteiger partial charge in [-0.25, -0.2) is 14.8 Å². The number of fused-ring (bicyclic) bond motifs is 1. The summed E-state index contributed by atoms with van der Waals surface area (Å²) in [7, 11) is 1.88. The van der Waals surface area contributed by atoms with Gasteiger partial charge in [0.1, 0.15) is 17.5 Å². The second-order valence-corrected chi connectivity index (χ2v) is 12.3. The van der Waals surface area contributed by atoms with Gasteiger partial charge in [-0.1, -0.05) is 30.3 Å². The molecule has 1 aliphatic heterocycles. The second-order valence-electron chi connectivity index (χ2n) is 12.3. The highest BCUT2D eigenvalue weighted by atomic mass is 16.2. The van der Waals surface area contributed by atoms with Crippen molar-refractivity contribution >= 4 is 23.6 Å². The summed E-state index contributed by atoms with van der Waals surface area (Å²) in [4.78, 5) is 36.0. The minimum absolute atomic E-state index is 0.0316. The Bertz CT molecular complexity index is 1910. The molecule has 2 N–H and O–H groups in total. The van der Waals surface area contributed by atoms with Gasteiger partial charge in [0.15, 0.2) is 5.82 Å². The van der Waals surface area contributed by atoms with Crippen LogP contribution in [0.5, 0.6) is 0 Å². The van der Waals surface area contributed by atoms with Crippen molar-refractivity contribution in [2.45, 2.75) is 57.3 Å². The van der Waals surface area contributed by atoms with Gasteiger partial charge in [0.25, 0.3) is 0 Å². The number of anilines is 3. The third-order valence-corrected chi connectivity index (χ3v) is 9.14. The molecule has 5 heterocycles. The number of aryl methyl sites for hydroxylation is 1. The molecule has 1 fully saturated rings. The van der Waals surface area contributed by atoms with Gasteiger partial charge >= 0.3 is 6.03 Å². The average molecular weight is 640 g/mol. The normalized spacial score (nSPS) is 17.2. The van der Waals surface area contributed by atoms with Gasteiger partial charge in [-0.3, -0.25) is 14.6 Å². The third kappa shape index (κ3) is 6.80. The first kappa shape index (κ1) is 30.8. The summed E-state index contributed by atoms with van der Waals surface area (Å²) in [5.74, 6) is 1.77. The molecule has 2 aliphatic rings. The fourth-order valence-electron chi connectivity index (χ4n) is 6.56. The van der Waals surface area contributed by atoms with Crippen molar-refractivity contribution in [3.8, 4) is 17.2 Å². The summed E-state index contributed by atoms with van der Waals surface area (Å²) >= 11 is 0. The van der Waals surface area contributed by atoms with Crippen LogP contribution in [-0.2, 0) is 26.6 Å². The number of carbonyl (C=O) groups excluding carboxylic acids is 1. The van der Waals surface area contributed by atoms with Gasteiger partial charge in [-0.2, -0.15) is 15.3 Å². The minimum atomic E-state index is -0.171. The first-order valence-corrected chi connectivity index (χ1v) is 16.3. The highest BCUT2D eigenvalue weighted by Gasteiger charge is 2.31. The Morgan fingerprint density at radius 3 is 2.58 bits per heavy atom. The van der Waals surface area contributed by atoms with Crippen LogP contribution in [0, 0.1) is 11.3 Å². The standard InChI is InChI=1S/C36H37N11O/c1-45-23-30(22-42-45)26-7-12-33(39-20-26)47(36(48)41-18-25-5-3-2-4-6-25)32-10-8-31(9-11-32)43-35-40-21-29(17-37)34(44-35)46-16-14-27-19-38-15-13-28(27)24-46/h2-7,12-13,15,19-23,31-32H,8-11,14,16,18,24H2,1H3,(H,41,48)(H,40,43,44). The molecule has 1 saturated carbocycles. The molecule has 4 aromatic heterocycles. The van der Waals surface area contributed by atoms with E-state index < -0.39 is 0 Å². The molecule has 0 bridgehead atoms. The first-order chi connectivity index (χ1) is 23.5. The Balaban J connectivity index is 1.04. The van der Waals surface area contributed by atoms with Gasteiger partial charge < -0.3 is 15.5 Å². The average Bonchev–Trinajstić information content (AvgIpc) is 3.58. The Hall–Kier alpha value is -5.83. The summed E-state index contributed by atoms with van der Waals surface area (Å²) in [5.41, 5.74) is 5.84. The topological polar surface area (TPSA) is 141 Å². The van der Waals surface area contributed by atoms with E-state index in [1.165, 1.54) is 11.1 Å². The van der Waals surface area contributed by atoms with Crippen LogP contribution >= 0.6 is 0 Å². The second kappa shape index (κ2) is 13.9. The molecule has 5 aromatic rings. The fourth-order valence-corrected chi connectivity index (χ4v) is 6.56. The van der Waals surface area contributed by atoms with Gasteiger partial charge in [-0.15, -0.1) is 0 Å². The summed E-state index contributed by atoms with van der Waals surface area (Å²) in [6.07, 6.45) is 14.9. The van der Waals surface area contributed by atoms with Crippen molar-refractivity contribution in [3.63, 3.8) is 0 Å². The molecule has 0 saturated heterocycles. The van der Waals surface area contributed by atoms with Crippen molar-refractivity contribution in [1.82, 2.24) is 35.0 Å². The van der Waals surface area contributed by atoms with Crippen LogP contribution < -0.4 is 20.4 Å². The van der Waals surface area contributed by atoms with E-state index in [-0.39, 0.29) is 18.1 Å². The molecule has 12 heteroatoms. The summed E-state index contributed by atoms with van der Waals surface area (Å²) in [5, 5.41) is 20.7. The van der Waals surface area contributed by atoms with E-state index in [2.05, 4.69) is 36.7 Å². The lowest BCUT2D eigenvalue weighted by Crippen LogP contribution is -2.49. The lowest BCUT2D eigenvalue weighted by Gasteiger charge is -2.36. The van der Waals surface area contributed by atoms with E-state index in [4.69, 9.17) is 9.97 Å². The Labute approximate surface area is 279 Å². The van der Waals surface area contributed by atoms with Crippen LogP contribution in [0.15, 0.2) is 85.7 Å². The number of benzene rings is 1. The van der Waals surface area contributed by atoms with Gasteiger partial charge in [0.2, 0.25) is 5.95 Å². The number of urea groups is 1. The van der Waals surface area contributed by atoms with Crippen molar-refractivity contribution in [2.24, 2.45) is 7.05 Å². The SMILES string of the molecule is Cn1cc(-c2ccc(N(C(=O)NCc3ccccc3)C3CCC(Nc4ncc(C#N)c(N5CCc6cnccc6C5)n4)CC3)nc2)cn1. The van der Waals surface area contributed by atoms with Crippen molar-refractivity contribution in [3.05, 3.63) is 108 Å². The van der Waals surface area contributed by atoms with Crippen molar-refractivity contribution < 1.29 is 4.79 Å². The maximum absolute atomic E-state index is 13.8. The molecule has 242 valence electrons. The predicted molar refractivity (Wildman–Crippen MR) is 183 cm³/mol. The van der Waals surface area contributed by atoms with E-state index in [0.29, 0.717) is 36.2 Å². The molecule has 1 aliphatic carbocycles. The van der Waals surface area contributed by atoms with Crippen molar-refractivity contribution in [1.29, 1.82) is 5.26 Å². The number of hydrogen-bond donors (Lipinski definition) is 2. The van der Waals surface area contributed by atoms with Gasteiger partial charge in [-0.05, 0) is 67.0 Å². The largest absolute Gasteiger partial charge is 0.351 e. The number of aromatic nitrogens is 6. The number of nitrogens with zero attached hydrogens (tertiary/aromatic N) is 9. The Morgan fingerprint density at radius 1 is 0.979 bits per heavy atom. The molecule has 7 rings (SSSR count). The van der Waals surface area contributed by atoms with Crippen LogP contribution in [0.4, 0.5) is 22.4 Å². The number of rotatable bonds is 8. The van der Waals surface area contributed by atoms with Crippen LogP contribution in [0.3, 0.4) is 0 Å². The van der Waals surface area contributed by atoms with Crippen molar-refractivity contribution in [2.75, 3.05) is 21.7 Å². The predicted octanol–water partition coefficient (Wildman–Crippen LogP) is 5.24. The lowest BCUT2D eigenvalue weighted by molar-refractivity contribution is 0.240. The maximum atomic E-state index is 13.8. The summed E-state index contributed by atoms with van der Waals surface area (Å²) in [6, 6.07) is 18.0. The zero-order valence-corrected chi connectivity index (χ0v) is 26.8. The number of amides is 2. The zero-order chi connectivity index (χ0) is 32.9. The zero-order valence-electron chi connectivity index (χ0n) is 26.8. The van der Waals surface area contributed by atoms with E-state index in [1.807, 2.05) is 72.9 Å². The molecule has 0 spiro atoms. The monoisotopic (exact) mass is 639 g/mol. The van der Waals surface area contributed by atoms with E-state index in [0.717, 1.165) is 55.3 Å². The highest BCUT2D eigenvalue weighted by Crippen LogP contribution is 2.31. The fraction of sp³-hybridized carbons (Fsp3) is 0.306. The quantitative estimate of drug-likeness (QED) is 0.233. The number of nitriles is 1. The van der Waals surface area contributed by atoms with Gasteiger partial charge in [0.05, 0.1) is 12.4 Å². The number of hydrogen-bond acceptors (Lipinski definition) is 9. The number of carbonyl (C=O) groups is 1. The smallest absolute Gasteiger partial charge is 0.323 e. The van der Waals surface area contributed by atoms with E-state index >= 15 is 0 Å². The Kier molecular flexibility index (Phi) is 8.91. The van der Waals surface area contributed by atoms with Gasteiger partial charge in [0, 0.05) is 74.7 Å². The van der Waals surface area contributed by atoms with Crippen LogP contribution in [0.1, 0.15) is 47.9 Å². The maximum Gasteiger partial charge on any atom is 0.323 e. The van der Waals surface area contributed by atoms with Crippen LogP contribution in [0.2, 0.25) is 0 Å². The Morgan fingerprint density at radius 2 is 1.83 bits per heavy atom. The molecular weight excluding hydrogens is 602 g/mol. The molecule has 1 aromatic carbocycles. The van der Waals surface area contributed by atoms with Crippen LogP contribution in [0.25, 0.3) is 11.1 Å². The van der Waals surface area contributed by atoms with Crippen LogP contribution in [-0.4, -0.2) is 54.4 Å². The first-order valence-electron chi connectivity index (χ1n) is 16.3. The molecular formula is C36H37N11O. The molecule has 12 nitrogen and oxygen atoms in total. The molecule has 0 atom stereocenters. The van der Waals surface area contributed by atoms with E-state index in [1.54, 1.807) is 29.5 Å². The highest BCUT2D eigenvalue weighted by molar-refractivity contribution is 5.91. The molecule has 48 heavy (non-hydrogen) atoms. The third-order valence-electron chi connectivity index (χ3n) is 9.14.